The fraction of sp³-hybridized carbons (Fsp3) is 0.429. The SMILES string of the molecule is CCC(C)N(Cc1ccccc1)C(=O)CC(=O)O. The highest BCUT2D eigenvalue weighted by Gasteiger charge is 2.21. The van der Waals surface area contributed by atoms with E-state index >= 15 is 0 Å². The number of aliphatic carboxylic acids is 1. The van der Waals surface area contributed by atoms with Crippen molar-refractivity contribution in [2.75, 3.05) is 0 Å². The summed E-state index contributed by atoms with van der Waals surface area (Å²) in [5, 5.41) is 8.71. The van der Waals surface area contributed by atoms with E-state index in [0.717, 1.165) is 12.0 Å². The Hall–Kier alpha value is -1.84. The molecular weight excluding hydrogens is 230 g/mol. The maximum Gasteiger partial charge on any atom is 0.312 e. The topological polar surface area (TPSA) is 57.6 Å². The lowest BCUT2D eigenvalue weighted by Gasteiger charge is -2.28. The van der Waals surface area contributed by atoms with Crippen LogP contribution in [0.4, 0.5) is 0 Å². The lowest BCUT2D eigenvalue weighted by atomic mass is 10.1. The number of hydrogen-bond acceptors (Lipinski definition) is 2. The van der Waals surface area contributed by atoms with Gasteiger partial charge in [-0.15, -0.1) is 0 Å². The van der Waals surface area contributed by atoms with E-state index in [1.165, 1.54) is 0 Å². The van der Waals surface area contributed by atoms with Crippen LogP contribution in [0.1, 0.15) is 32.3 Å². The Morgan fingerprint density at radius 3 is 2.39 bits per heavy atom. The zero-order chi connectivity index (χ0) is 13.5. The standard InChI is InChI=1S/C14H19NO3/c1-3-11(2)15(13(16)9-14(17)18)10-12-7-5-4-6-8-12/h4-8,11H,3,9-10H2,1-2H3,(H,17,18). The summed E-state index contributed by atoms with van der Waals surface area (Å²) in [6.45, 7) is 4.38. The first-order chi connectivity index (χ1) is 8.54. The van der Waals surface area contributed by atoms with E-state index in [1.54, 1.807) is 4.90 Å². The highest BCUT2D eigenvalue weighted by atomic mass is 16.4. The number of carbonyl (C=O) groups excluding carboxylic acids is 1. The van der Waals surface area contributed by atoms with Crippen LogP contribution in [0.5, 0.6) is 0 Å². The molecule has 98 valence electrons. The first-order valence-electron chi connectivity index (χ1n) is 6.09. The van der Waals surface area contributed by atoms with Gasteiger partial charge in [0.05, 0.1) is 0 Å². The van der Waals surface area contributed by atoms with Gasteiger partial charge in [0.1, 0.15) is 6.42 Å². The van der Waals surface area contributed by atoms with E-state index in [-0.39, 0.29) is 11.9 Å². The molecule has 4 nitrogen and oxygen atoms in total. The van der Waals surface area contributed by atoms with Crippen LogP contribution >= 0.6 is 0 Å². The number of nitrogens with zero attached hydrogens (tertiary/aromatic N) is 1. The fourth-order valence-electron chi connectivity index (χ4n) is 1.72. The second-order valence-corrected chi connectivity index (χ2v) is 4.34. The highest BCUT2D eigenvalue weighted by molar-refractivity contribution is 5.93. The molecule has 1 unspecified atom stereocenters. The average Bonchev–Trinajstić information content (AvgIpc) is 2.35. The lowest BCUT2D eigenvalue weighted by Crippen LogP contribution is -2.38. The molecule has 0 heterocycles. The summed E-state index contributed by atoms with van der Waals surface area (Å²) in [6.07, 6.45) is 0.357. The minimum atomic E-state index is -1.08. The summed E-state index contributed by atoms with van der Waals surface area (Å²) in [7, 11) is 0. The van der Waals surface area contributed by atoms with Gasteiger partial charge in [-0.2, -0.15) is 0 Å². The fourth-order valence-corrected chi connectivity index (χ4v) is 1.72. The second kappa shape index (κ2) is 6.79. The van der Waals surface area contributed by atoms with Crippen molar-refractivity contribution in [3.05, 3.63) is 35.9 Å². The highest BCUT2D eigenvalue weighted by Crippen LogP contribution is 2.12. The maximum atomic E-state index is 11.9. The molecule has 1 aromatic rings. The van der Waals surface area contributed by atoms with Crippen LogP contribution in [-0.4, -0.2) is 27.9 Å². The Morgan fingerprint density at radius 2 is 1.89 bits per heavy atom. The average molecular weight is 249 g/mol. The first-order valence-corrected chi connectivity index (χ1v) is 6.09. The molecule has 4 heteroatoms. The quantitative estimate of drug-likeness (QED) is 0.787. The minimum absolute atomic E-state index is 0.0389. The number of hydrogen-bond donors (Lipinski definition) is 1. The van der Waals surface area contributed by atoms with Gasteiger partial charge < -0.3 is 10.0 Å². The van der Waals surface area contributed by atoms with Gasteiger partial charge in [-0.1, -0.05) is 37.3 Å². The molecule has 0 saturated carbocycles. The number of carboxylic acids is 1. The van der Waals surface area contributed by atoms with Crippen LogP contribution in [0.15, 0.2) is 30.3 Å². The lowest BCUT2D eigenvalue weighted by molar-refractivity contribution is -0.145. The summed E-state index contributed by atoms with van der Waals surface area (Å²) >= 11 is 0. The maximum absolute atomic E-state index is 11.9. The summed E-state index contributed by atoms with van der Waals surface area (Å²) in [4.78, 5) is 24.2. The smallest absolute Gasteiger partial charge is 0.312 e. The Labute approximate surface area is 107 Å². The molecule has 0 aliphatic carbocycles. The van der Waals surface area contributed by atoms with E-state index < -0.39 is 12.4 Å². The van der Waals surface area contributed by atoms with Crippen molar-refractivity contribution in [3.8, 4) is 0 Å². The largest absolute Gasteiger partial charge is 0.481 e. The van der Waals surface area contributed by atoms with E-state index in [1.807, 2.05) is 44.2 Å². The molecule has 0 saturated heterocycles. The van der Waals surface area contributed by atoms with Crippen LogP contribution in [0, 0.1) is 0 Å². The minimum Gasteiger partial charge on any atom is -0.481 e. The monoisotopic (exact) mass is 249 g/mol. The predicted molar refractivity (Wildman–Crippen MR) is 69.0 cm³/mol. The third kappa shape index (κ3) is 4.20. The van der Waals surface area contributed by atoms with E-state index in [4.69, 9.17) is 5.11 Å². The second-order valence-electron chi connectivity index (χ2n) is 4.34. The van der Waals surface area contributed by atoms with Crippen LogP contribution < -0.4 is 0 Å². The number of benzene rings is 1. The summed E-state index contributed by atoms with van der Waals surface area (Å²) in [5.41, 5.74) is 1.01. The van der Waals surface area contributed by atoms with Crippen molar-refractivity contribution < 1.29 is 14.7 Å². The van der Waals surface area contributed by atoms with Crippen molar-refractivity contribution in [2.24, 2.45) is 0 Å². The van der Waals surface area contributed by atoms with Crippen molar-refractivity contribution in [2.45, 2.75) is 39.3 Å². The molecule has 1 atom stereocenters. The van der Waals surface area contributed by atoms with Crippen molar-refractivity contribution in [3.63, 3.8) is 0 Å². The van der Waals surface area contributed by atoms with Crippen LogP contribution in [0.2, 0.25) is 0 Å². The molecule has 1 rings (SSSR count). The van der Waals surface area contributed by atoms with Gasteiger partial charge in [-0.3, -0.25) is 9.59 Å². The number of amides is 1. The molecule has 0 aliphatic heterocycles. The Morgan fingerprint density at radius 1 is 1.28 bits per heavy atom. The summed E-state index contributed by atoms with van der Waals surface area (Å²) in [5.74, 6) is -1.41. The molecule has 0 fully saturated rings. The third-order valence-corrected chi connectivity index (χ3v) is 2.94. The van der Waals surface area contributed by atoms with Gasteiger partial charge in [-0.25, -0.2) is 0 Å². The Balaban J connectivity index is 2.79. The molecule has 0 aliphatic rings. The summed E-state index contributed by atoms with van der Waals surface area (Å²) in [6, 6.07) is 9.64. The molecule has 0 bridgehead atoms. The number of rotatable bonds is 6. The Kier molecular flexibility index (Phi) is 5.36. The van der Waals surface area contributed by atoms with Crippen LogP contribution in [0.3, 0.4) is 0 Å². The number of carboxylic acid groups (broad SMARTS) is 1. The van der Waals surface area contributed by atoms with Crippen LogP contribution in [0.25, 0.3) is 0 Å². The third-order valence-electron chi connectivity index (χ3n) is 2.94. The number of carbonyl (C=O) groups is 2. The van der Waals surface area contributed by atoms with Crippen molar-refractivity contribution in [1.29, 1.82) is 0 Å². The van der Waals surface area contributed by atoms with E-state index in [2.05, 4.69) is 0 Å². The van der Waals surface area contributed by atoms with Gasteiger partial charge in [0.2, 0.25) is 5.91 Å². The van der Waals surface area contributed by atoms with Crippen molar-refractivity contribution in [1.82, 2.24) is 4.90 Å². The van der Waals surface area contributed by atoms with Crippen LogP contribution in [-0.2, 0) is 16.1 Å². The predicted octanol–water partition coefficient (Wildman–Crippen LogP) is 2.29. The normalized spacial score (nSPS) is 11.9. The molecule has 0 radical (unpaired) electrons. The van der Waals surface area contributed by atoms with Gasteiger partial charge in [-0.05, 0) is 18.9 Å². The summed E-state index contributed by atoms with van der Waals surface area (Å²) < 4.78 is 0. The van der Waals surface area contributed by atoms with Gasteiger partial charge in [0.15, 0.2) is 0 Å². The molecular formula is C14H19NO3. The zero-order valence-corrected chi connectivity index (χ0v) is 10.8. The van der Waals surface area contributed by atoms with Gasteiger partial charge >= 0.3 is 5.97 Å². The zero-order valence-electron chi connectivity index (χ0n) is 10.8. The van der Waals surface area contributed by atoms with E-state index in [0.29, 0.717) is 6.54 Å². The van der Waals surface area contributed by atoms with Crippen molar-refractivity contribution >= 4 is 11.9 Å². The Bertz CT molecular complexity index is 403. The molecule has 1 amide bonds. The van der Waals surface area contributed by atoms with E-state index in [9.17, 15) is 9.59 Å². The molecule has 0 aromatic heterocycles. The van der Waals surface area contributed by atoms with Gasteiger partial charge in [0, 0.05) is 12.6 Å². The van der Waals surface area contributed by atoms with Gasteiger partial charge in [0.25, 0.3) is 0 Å². The molecule has 1 aromatic carbocycles. The first kappa shape index (κ1) is 14.2. The molecule has 1 N–H and O–H groups in total. The molecule has 18 heavy (non-hydrogen) atoms. The molecule has 0 spiro atoms.